The molecule has 112 valence electrons. The van der Waals surface area contributed by atoms with Gasteiger partial charge in [-0.15, -0.1) is 11.3 Å². The van der Waals surface area contributed by atoms with Gasteiger partial charge in [0.05, 0.1) is 16.3 Å². The van der Waals surface area contributed by atoms with Crippen LogP contribution in [0.25, 0.3) is 10.2 Å². The molecule has 3 rings (SSSR count). The highest BCUT2D eigenvalue weighted by Gasteiger charge is 2.21. The van der Waals surface area contributed by atoms with Crippen LogP contribution in [0.4, 0.5) is 0 Å². The number of hydrogen-bond acceptors (Lipinski definition) is 3. The highest BCUT2D eigenvalue weighted by Crippen LogP contribution is 2.29. The molecule has 0 aliphatic carbocycles. The molecule has 5 heteroatoms. The maximum absolute atomic E-state index is 12.6. The molecule has 0 saturated carbocycles. The Morgan fingerprint density at radius 1 is 1.23 bits per heavy atom. The second kappa shape index (κ2) is 6.34. The molecule has 1 heterocycles. The van der Waals surface area contributed by atoms with E-state index in [1.807, 2.05) is 56.4 Å². The van der Waals surface area contributed by atoms with Crippen molar-refractivity contribution in [3.8, 4) is 0 Å². The third-order valence-corrected chi connectivity index (χ3v) is 5.52. The molecule has 0 radical (unpaired) electrons. The van der Waals surface area contributed by atoms with E-state index in [0.29, 0.717) is 5.56 Å². The van der Waals surface area contributed by atoms with Crippen molar-refractivity contribution in [3.05, 3.63) is 62.7 Å². The number of para-hydroxylation sites is 1. The first-order valence-electron chi connectivity index (χ1n) is 6.94. The van der Waals surface area contributed by atoms with Crippen LogP contribution in [-0.4, -0.2) is 22.8 Å². The summed E-state index contributed by atoms with van der Waals surface area (Å²) in [6, 6.07) is 15.7. The number of fused-ring (bicyclic) bond motifs is 1. The summed E-state index contributed by atoms with van der Waals surface area (Å²) in [6.45, 7) is 2.02. The summed E-state index contributed by atoms with van der Waals surface area (Å²) < 4.78 is 2.21. The zero-order valence-electron chi connectivity index (χ0n) is 12.3. The predicted octanol–water partition coefficient (Wildman–Crippen LogP) is 4.73. The Bertz CT molecular complexity index is 797. The molecule has 3 nitrogen and oxygen atoms in total. The van der Waals surface area contributed by atoms with Gasteiger partial charge in [0.15, 0.2) is 0 Å². The number of aromatic nitrogens is 1. The standard InChI is InChI=1S/C17H15IN2OS/c1-11(16-19-14-8-3-4-9-15(14)22-16)20(2)17(21)12-6-5-7-13(18)10-12/h3-11H,1-2H3/t11-/m0/s1. The van der Waals surface area contributed by atoms with E-state index in [1.54, 1.807) is 16.2 Å². The van der Waals surface area contributed by atoms with Crippen molar-refractivity contribution >= 4 is 50.1 Å². The van der Waals surface area contributed by atoms with Gasteiger partial charge in [-0.1, -0.05) is 18.2 Å². The average molecular weight is 422 g/mol. The van der Waals surface area contributed by atoms with Crippen LogP contribution in [0.1, 0.15) is 28.3 Å². The van der Waals surface area contributed by atoms with E-state index in [2.05, 4.69) is 33.6 Å². The van der Waals surface area contributed by atoms with Crippen LogP contribution in [0.3, 0.4) is 0 Å². The summed E-state index contributed by atoms with van der Waals surface area (Å²) in [5.74, 6) is 0.0188. The summed E-state index contributed by atoms with van der Waals surface area (Å²) in [5.41, 5.74) is 1.70. The van der Waals surface area contributed by atoms with E-state index in [0.717, 1.165) is 18.8 Å². The number of nitrogens with zero attached hydrogens (tertiary/aromatic N) is 2. The fraction of sp³-hybridized carbons (Fsp3) is 0.176. The molecule has 0 unspecified atom stereocenters. The number of carbonyl (C=O) groups is 1. The zero-order chi connectivity index (χ0) is 15.7. The van der Waals surface area contributed by atoms with Crippen LogP contribution in [0.5, 0.6) is 0 Å². The Labute approximate surface area is 147 Å². The van der Waals surface area contributed by atoms with Crippen LogP contribution in [0, 0.1) is 3.57 Å². The molecule has 0 aliphatic heterocycles. The summed E-state index contributed by atoms with van der Waals surface area (Å²) in [5, 5.41) is 0.961. The molecule has 0 saturated heterocycles. The van der Waals surface area contributed by atoms with Gasteiger partial charge < -0.3 is 4.90 Å². The van der Waals surface area contributed by atoms with Gasteiger partial charge in [0, 0.05) is 16.2 Å². The third-order valence-electron chi connectivity index (χ3n) is 3.64. The lowest BCUT2D eigenvalue weighted by molar-refractivity contribution is 0.0742. The fourth-order valence-corrected chi connectivity index (χ4v) is 3.84. The highest BCUT2D eigenvalue weighted by molar-refractivity contribution is 14.1. The Balaban J connectivity index is 1.87. The minimum absolute atomic E-state index is 0.0188. The van der Waals surface area contributed by atoms with Crippen LogP contribution in [0.2, 0.25) is 0 Å². The fourth-order valence-electron chi connectivity index (χ4n) is 2.24. The van der Waals surface area contributed by atoms with Gasteiger partial charge in [-0.2, -0.15) is 0 Å². The number of hydrogen-bond donors (Lipinski definition) is 0. The summed E-state index contributed by atoms with van der Waals surface area (Å²) in [6.07, 6.45) is 0. The molecular formula is C17H15IN2OS. The lowest BCUT2D eigenvalue weighted by Gasteiger charge is -2.23. The molecular weight excluding hydrogens is 407 g/mol. The lowest BCUT2D eigenvalue weighted by Crippen LogP contribution is -2.29. The van der Waals surface area contributed by atoms with E-state index >= 15 is 0 Å². The van der Waals surface area contributed by atoms with Crippen LogP contribution >= 0.6 is 33.9 Å². The van der Waals surface area contributed by atoms with Gasteiger partial charge in [0.2, 0.25) is 0 Å². The van der Waals surface area contributed by atoms with Crippen LogP contribution in [-0.2, 0) is 0 Å². The second-order valence-electron chi connectivity index (χ2n) is 5.12. The number of amides is 1. The summed E-state index contributed by atoms with van der Waals surface area (Å²) in [7, 11) is 1.83. The molecule has 0 bridgehead atoms. The molecule has 1 amide bonds. The molecule has 0 aliphatic rings. The van der Waals surface area contributed by atoms with Crippen molar-refractivity contribution in [3.63, 3.8) is 0 Å². The third kappa shape index (κ3) is 3.01. The van der Waals surface area contributed by atoms with Gasteiger partial charge in [-0.25, -0.2) is 4.98 Å². The zero-order valence-corrected chi connectivity index (χ0v) is 15.3. The highest BCUT2D eigenvalue weighted by atomic mass is 127. The van der Waals surface area contributed by atoms with Gasteiger partial charge in [-0.3, -0.25) is 4.79 Å². The number of rotatable bonds is 3. The normalized spacial score (nSPS) is 12.3. The van der Waals surface area contributed by atoms with Crippen molar-refractivity contribution in [2.75, 3.05) is 7.05 Å². The maximum atomic E-state index is 12.6. The van der Waals surface area contributed by atoms with E-state index in [4.69, 9.17) is 0 Å². The van der Waals surface area contributed by atoms with Gasteiger partial charge >= 0.3 is 0 Å². The molecule has 3 aromatic rings. The maximum Gasteiger partial charge on any atom is 0.254 e. The monoisotopic (exact) mass is 422 g/mol. The van der Waals surface area contributed by atoms with Crippen molar-refractivity contribution in [1.82, 2.24) is 9.88 Å². The van der Waals surface area contributed by atoms with E-state index < -0.39 is 0 Å². The first-order chi connectivity index (χ1) is 10.6. The van der Waals surface area contributed by atoms with Crippen molar-refractivity contribution in [2.24, 2.45) is 0 Å². The Hall–Kier alpha value is -1.47. The molecule has 22 heavy (non-hydrogen) atoms. The molecule has 1 aromatic heterocycles. The molecule has 2 aromatic carbocycles. The topological polar surface area (TPSA) is 33.2 Å². The van der Waals surface area contributed by atoms with Crippen molar-refractivity contribution < 1.29 is 4.79 Å². The molecule has 1 atom stereocenters. The van der Waals surface area contributed by atoms with E-state index in [-0.39, 0.29) is 11.9 Å². The lowest BCUT2D eigenvalue weighted by atomic mass is 10.2. The van der Waals surface area contributed by atoms with E-state index in [9.17, 15) is 4.79 Å². The number of carbonyl (C=O) groups excluding carboxylic acids is 1. The first kappa shape index (κ1) is 15.4. The van der Waals surface area contributed by atoms with E-state index in [1.165, 1.54) is 0 Å². The van der Waals surface area contributed by atoms with Crippen LogP contribution < -0.4 is 0 Å². The smallest absolute Gasteiger partial charge is 0.254 e. The molecule has 0 N–H and O–H groups in total. The Morgan fingerprint density at radius 3 is 2.73 bits per heavy atom. The minimum Gasteiger partial charge on any atom is -0.333 e. The van der Waals surface area contributed by atoms with Crippen molar-refractivity contribution in [1.29, 1.82) is 0 Å². The predicted molar refractivity (Wildman–Crippen MR) is 99.3 cm³/mol. The summed E-state index contributed by atoms with van der Waals surface area (Å²) >= 11 is 3.86. The van der Waals surface area contributed by atoms with Crippen molar-refractivity contribution in [2.45, 2.75) is 13.0 Å². The number of benzene rings is 2. The minimum atomic E-state index is -0.0530. The average Bonchev–Trinajstić information content (AvgIpc) is 2.96. The number of halogens is 1. The van der Waals surface area contributed by atoms with Gasteiger partial charge in [0.1, 0.15) is 5.01 Å². The molecule has 0 spiro atoms. The largest absolute Gasteiger partial charge is 0.333 e. The second-order valence-corrected chi connectivity index (χ2v) is 7.43. The quantitative estimate of drug-likeness (QED) is 0.572. The SMILES string of the molecule is C[C@@H](c1nc2ccccc2s1)N(C)C(=O)c1cccc(I)c1. The van der Waals surface area contributed by atoms with Gasteiger partial charge in [-0.05, 0) is 59.8 Å². The van der Waals surface area contributed by atoms with Crippen LogP contribution in [0.15, 0.2) is 48.5 Å². The first-order valence-corrected chi connectivity index (χ1v) is 8.84. The Morgan fingerprint density at radius 2 is 2.00 bits per heavy atom. The molecule has 0 fully saturated rings. The number of thiazole rings is 1. The summed E-state index contributed by atoms with van der Waals surface area (Å²) in [4.78, 5) is 19.0. The van der Waals surface area contributed by atoms with Gasteiger partial charge in [0.25, 0.3) is 5.91 Å². The Kier molecular flexibility index (Phi) is 4.44.